The van der Waals surface area contributed by atoms with E-state index in [1.54, 1.807) is 12.4 Å². The third kappa shape index (κ3) is 3.07. The Morgan fingerprint density at radius 1 is 1.24 bits per heavy atom. The molecule has 0 spiro atoms. The summed E-state index contributed by atoms with van der Waals surface area (Å²) in [5.41, 5.74) is 2.61. The molecule has 108 valence electrons. The monoisotopic (exact) mass is 282 g/mol. The van der Waals surface area contributed by atoms with Crippen molar-refractivity contribution in [1.29, 1.82) is 0 Å². The van der Waals surface area contributed by atoms with E-state index in [1.165, 1.54) is 6.20 Å². The summed E-state index contributed by atoms with van der Waals surface area (Å²) in [4.78, 5) is 26.8. The van der Waals surface area contributed by atoms with Gasteiger partial charge in [0.25, 0.3) is 5.91 Å². The summed E-state index contributed by atoms with van der Waals surface area (Å²) in [6.45, 7) is 3.50. The van der Waals surface area contributed by atoms with E-state index in [0.29, 0.717) is 11.6 Å². The number of hydrogen-bond acceptors (Lipinski definition) is 4. The number of likely N-dealkylation sites (tertiary alicyclic amines) is 1. The minimum absolute atomic E-state index is 0.0289. The molecule has 3 heterocycles. The van der Waals surface area contributed by atoms with Gasteiger partial charge >= 0.3 is 0 Å². The van der Waals surface area contributed by atoms with E-state index < -0.39 is 0 Å². The summed E-state index contributed by atoms with van der Waals surface area (Å²) in [5.74, 6) is 0.412. The van der Waals surface area contributed by atoms with Crippen molar-refractivity contribution in [3.05, 3.63) is 53.9 Å². The Labute approximate surface area is 124 Å². The van der Waals surface area contributed by atoms with Crippen LogP contribution >= 0.6 is 0 Å². The summed E-state index contributed by atoms with van der Waals surface area (Å²) in [6, 6.07) is 6.14. The fourth-order valence-electron chi connectivity index (χ4n) is 2.74. The lowest BCUT2D eigenvalue weighted by atomic mass is 9.93. The quantitative estimate of drug-likeness (QED) is 0.847. The minimum Gasteiger partial charge on any atom is -0.337 e. The molecule has 3 rings (SSSR count). The van der Waals surface area contributed by atoms with Gasteiger partial charge in [-0.15, -0.1) is 0 Å². The number of carbonyl (C=O) groups excluding carboxylic acids is 1. The molecule has 1 fully saturated rings. The number of amides is 1. The van der Waals surface area contributed by atoms with Gasteiger partial charge in [0.1, 0.15) is 5.69 Å². The molecule has 2 aromatic heterocycles. The standard InChI is InChI=1S/C16H18N4O/c1-12-3-2-4-14(19-12)13-5-9-20(10-6-13)16(21)15-11-17-7-8-18-15/h2-4,7-8,11,13H,5-6,9-10H2,1H3. The maximum atomic E-state index is 12.3. The molecule has 1 aliphatic heterocycles. The first kappa shape index (κ1) is 13.7. The fourth-order valence-corrected chi connectivity index (χ4v) is 2.74. The zero-order valence-corrected chi connectivity index (χ0v) is 12.1. The molecule has 0 bridgehead atoms. The topological polar surface area (TPSA) is 59.0 Å². The molecule has 0 aromatic carbocycles. The Balaban J connectivity index is 1.64. The van der Waals surface area contributed by atoms with Crippen LogP contribution in [-0.2, 0) is 0 Å². The van der Waals surface area contributed by atoms with Crippen LogP contribution in [0.5, 0.6) is 0 Å². The van der Waals surface area contributed by atoms with Crippen molar-refractivity contribution >= 4 is 5.91 Å². The molecule has 0 aliphatic carbocycles. The highest BCUT2D eigenvalue weighted by atomic mass is 16.2. The molecule has 0 radical (unpaired) electrons. The first-order valence-electron chi connectivity index (χ1n) is 7.23. The number of aromatic nitrogens is 3. The van der Waals surface area contributed by atoms with Crippen LogP contribution in [0.15, 0.2) is 36.8 Å². The summed E-state index contributed by atoms with van der Waals surface area (Å²) in [5, 5.41) is 0. The largest absolute Gasteiger partial charge is 0.337 e. The van der Waals surface area contributed by atoms with Crippen LogP contribution in [0, 0.1) is 6.92 Å². The van der Waals surface area contributed by atoms with Crippen molar-refractivity contribution in [2.24, 2.45) is 0 Å². The summed E-state index contributed by atoms with van der Waals surface area (Å²) in [6.07, 6.45) is 6.55. The SMILES string of the molecule is Cc1cccc(C2CCN(C(=O)c3cnccn3)CC2)n1. The molecule has 2 aromatic rings. The van der Waals surface area contributed by atoms with Crippen LogP contribution in [0.25, 0.3) is 0 Å². The molecule has 0 atom stereocenters. The smallest absolute Gasteiger partial charge is 0.274 e. The highest BCUT2D eigenvalue weighted by Gasteiger charge is 2.25. The average Bonchev–Trinajstić information content (AvgIpc) is 2.55. The van der Waals surface area contributed by atoms with Crippen molar-refractivity contribution in [2.45, 2.75) is 25.7 Å². The number of rotatable bonds is 2. The van der Waals surface area contributed by atoms with Crippen LogP contribution in [0.2, 0.25) is 0 Å². The van der Waals surface area contributed by atoms with Crippen molar-refractivity contribution in [3.8, 4) is 0 Å². The van der Waals surface area contributed by atoms with Crippen LogP contribution in [-0.4, -0.2) is 38.8 Å². The van der Waals surface area contributed by atoms with Crippen LogP contribution in [0.3, 0.4) is 0 Å². The van der Waals surface area contributed by atoms with Crippen molar-refractivity contribution in [3.63, 3.8) is 0 Å². The number of piperidine rings is 1. The molecule has 1 saturated heterocycles. The molecule has 0 saturated carbocycles. The van der Waals surface area contributed by atoms with E-state index in [0.717, 1.165) is 37.3 Å². The molecular weight excluding hydrogens is 264 g/mol. The molecule has 0 unspecified atom stereocenters. The molecule has 5 nitrogen and oxygen atoms in total. The second kappa shape index (κ2) is 5.99. The van der Waals surface area contributed by atoms with E-state index in [9.17, 15) is 4.79 Å². The van der Waals surface area contributed by atoms with Crippen LogP contribution in [0.1, 0.15) is 40.6 Å². The maximum Gasteiger partial charge on any atom is 0.274 e. The van der Waals surface area contributed by atoms with E-state index in [-0.39, 0.29) is 5.91 Å². The summed E-state index contributed by atoms with van der Waals surface area (Å²) < 4.78 is 0. The Morgan fingerprint density at radius 3 is 2.71 bits per heavy atom. The predicted octanol–water partition coefficient (Wildman–Crippen LogP) is 2.20. The van der Waals surface area contributed by atoms with Crippen LogP contribution < -0.4 is 0 Å². The summed E-state index contributed by atoms with van der Waals surface area (Å²) >= 11 is 0. The molecule has 1 amide bonds. The molecule has 5 heteroatoms. The van der Waals surface area contributed by atoms with Gasteiger partial charge in [-0.05, 0) is 31.9 Å². The lowest BCUT2D eigenvalue weighted by Gasteiger charge is -2.31. The van der Waals surface area contributed by atoms with Crippen molar-refractivity contribution < 1.29 is 4.79 Å². The van der Waals surface area contributed by atoms with Crippen molar-refractivity contribution in [2.75, 3.05) is 13.1 Å². The molecule has 0 N–H and O–H groups in total. The third-order valence-corrected chi connectivity index (χ3v) is 3.89. The minimum atomic E-state index is -0.0289. The number of carbonyl (C=O) groups is 1. The highest BCUT2D eigenvalue weighted by Crippen LogP contribution is 2.27. The first-order valence-corrected chi connectivity index (χ1v) is 7.23. The van der Waals surface area contributed by atoms with Gasteiger partial charge in [-0.2, -0.15) is 0 Å². The fraction of sp³-hybridized carbons (Fsp3) is 0.375. The lowest BCUT2D eigenvalue weighted by molar-refractivity contribution is 0.0705. The van der Waals surface area contributed by atoms with E-state index >= 15 is 0 Å². The molecule has 1 aliphatic rings. The maximum absolute atomic E-state index is 12.3. The number of pyridine rings is 1. The van der Waals surface area contributed by atoms with Gasteiger partial charge < -0.3 is 4.90 Å². The third-order valence-electron chi connectivity index (χ3n) is 3.89. The van der Waals surface area contributed by atoms with Gasteiger partial charge in [0.15, 0.2) is 0 Å². The van der Waals surface area contributed by atoms with Gasteiger partial charge in [-0.1, -0.05) is 6.07 Å². The van der Waals surface area contributed by atoms with Gasteiger partial charge in [0.05, 0.1) is 6.20 Å². The Morgan fingerprint density at radius 2 is 2.05 bits per heavy atom. The van der Waals surface area contributed by atoms with Crippen molar-refractivity contribution in [1.82, 2.24) is 19.9 Å². The Kier molecular flexibility index (Phi) is 3.90. The first-order chi connectivity index (χ1) is 10.2. The van der Waals surface area contributed by atoms with E-state index in [4.69, 9.17) is 0 Å². The predicted molar refractivity (Wildman–Crippen MR) is 78.9 cm³/mol. The highest BCUT2D eigenvalue weighted by molar-refractivity contribution is 5.92. The Hall–Kier alpha value is -2.30. The van der Waals surface area contributed by atoms with Gasteiger partial charge in [-0.25, -0.2) is 4.98 Å². The lowest BCUT2D eigenvalue weighted by Crippen LogP contribution is -2.38. The zero-order chi connectivity index (χ0) is 14.7. The Bertz CT molecular complexity index is 621. The van der Waals surface area contributed by atoms with Crippen LogP contribution in [0.4, 0.5) is 0 Å². The number of hydrogen-bond donors (Lipinski definition) is 0. The number of aryl methyl sites for hydroxylation is 1. The average molecular weight is 282 g/mol. The second-order valence-electron chi connectivity index (χ2n) is 5.36. The molecule has 21 heavy (non-hydrogen) atoms. The normalized spacial score (nSPS) is 16.0. The number of nitrogens with zero attached hydrogens (tertiary/aromatic N) is 4. The van der Waals surface area contributed by atoms with Gasteiger partial charge in [0.2, 0.25) is 0 Å². The van der Waals surface area contributed by atoms with E-state index in [2.05, 4.69) is 27.1 Å². The zero-order valence-electron chi connectivity index (χ0n) is 12.1. The van der Waals surface area contributed by atoms with Gasteiger partial charge in [-0.3, -0.25) is 14.8 Å². The summed E-state index contributed by atoms with van der Waals surface area (Å²) in [7, 11) is 0. The van der Waals surface area contributed by atoms with Gasteiger partial charge in [0, 0.05) is 42.8 Å². The van der Waals surface area contributed by atoms with E-state index in [1.807, 2.05) is 17.9 Å². The molecular formula is C16H18N4O. The second-order valence-corrected chi connectivity index (χ2v) is 5.36.